The molecule has 0 radical (unpaired) electrons. The smallest absolute Gasteiger partial charge is 0.133 e. The molecule has 112 valence electrons. The second-order valence-corrected chi connectivity index (χ2v) is 5.86. The number of halogens is 1. The van der Waals surface area contributed by atoms with Gasteiger partial charge in [0.2, 0.25) is 0 Å². The van der Waals surface area contributed by atoms with Crippen LogP contribution in [0.15, 0.2) is 47.2 Å². The van der Waals surface area contributed by atoms with E-state index in [1.165, 1.54) is 11.1 Å². The molecule has 0 aliphatic heterocycles. The number of benzene rings is 1. The van der Waals surface area contributed by atoms with E-state index in [0.717, 1.165) is 23.1 Å². The van der Waals surface area contributed by atoms with E-state index in [-0.39, 0.29) is 0 Å². The van der Waals surface area contributed by atoms with E-state index in [1.54, 1.807) is 0 Å². The Hall–Kier alpha value is -1.39. The molecule has 0 spiro atoms. The molecule has 2 aromatic rings. The Balaban J connectivity index is 1.83. The molecule has 3 nitrogen and oxygen atoms in total. The lowest BCUT2D eigenvalue weighted by atomic mass is 10.1. The zero-order valence-electron chi connectivity index (χ0n) is 12.5. The van der Waals surface area contributed by atoms with Crippen LogP contribution in [0.4, 0.5) is 0 Å². The molecule has 0 saturated carbocycles. The van der Waals surface area contributed by atoms with Crippen molar-refractivity contribution in [1.82, 2.24) is 10.3 Å². The lowest BCUT2D eigenvalue weighted by Gasteiger charge is -2.13. The Bertz CT molecular complexity index is 560. The SMILES string of the molecule is CNC(C)c1ccc(OCCCc2ccncc2)c(Br)c1. The standard InChI is InChI=1S/C17H21BrN2O/c1-13(19-2)15-5-6-17(16(18)12-15)21-11-3-4-14-7-9-20-10-8-14/h5-10,12-13,19H,3-4,11H2,1-2H3. The summed E-state index contributed by atoms with van der Waals surface area (Å²) < 4.78 is 6.85. The first-order valence-electron chi connectivity index (χ1n) is 7.19. The predicted octanol–water partition coefficient (Wildman–Crippen LogP) is 4.14. The van der Waals surface area contributed by atoms with Crippen LogP contribution in [0.1, 0.15) is 30.5 Å². The summed E-state index contributed by atoms with van der Waals surface area (Å²) in [5.74, 6) is 0.900. The van der Waals surface area contributed by atoms with E-state index in [2.05, 4.69) is 45.3 Å². The predicted molar refractivity (Wildman–Crippen MR) is 89.7 cm³/mol. The Morgan fingerprint density at radius 3 is 2.67 bits per heavy atom. The summed E-state index contributed by atoms with van der Waals surface area (Å²) in [7, 11) is 1.96. The van der Waals surface area contributed by atoms with Crippen molar-refractivity contribution in [3.63, 3.8) is 0 Å². The van der Waals surface area contributed by atoms with Crippen molar-refractivity contribution >= 4 is 15.9 Å². The fraction of sp³-hybridized carbons (Fsp3) is 0.353. The van der Waals surface area contributed by atoms with Crippen LogP contribution in [0.3, 0.4) is 0 Å². The third kappa shape index (κ3) is 4.83. The molecule has 0 aliphatic rings. The van der Waals surface area contributed by atoms with Crippen molar-refractivity contribution in [2.75, 3.05) is 13.7 Å². The molecule has 1 N–H and O–H groups in total. The van der Waals surface area contributed by atoms with Crippen molar-refractivity contribution < 1.29 is 4.74 Å². The van der Waals surface area contributed by atoms with Crippen LogP contribution in [0, 0.1) is 0 Å². The highest BCUT2D eigenvalue weighted by Gasteiger charge is 2.07. The number of aromatic nitrogens is 1. The monoisotopic (exact) mass is 348 g/mol. The van der Waals surface area contributed by atoms with Crippen LogP contribution < -0.4 is 10.1 Å². The van der Waals surface area contributed by atoms with Gasteiger partial charge in [-0.05, 0) is 78.1 Å². The molecule has 1 aromatic carbocycles. The first-order chi connectivity index (χ1) is 10.2. The first kappa shape index (κ1) is 16.0. The number of hydrogen-bond donors (Lipinski definition) is 1. The van der Waals surface area contributed by atoms with Gasteiger partial charge in [-0.3, -0.25) is 4.98 Å². The van der Waals surface area contributed by atoms with Gasteiger partial charge in [-0.2, -0.15) is 0 Å². The largest absolute Gasteiger partial charge is 0.492 e. The number of rotatable bonds is 7. The lowest BCUT2D eigenvalue weighted by molar-refractivity contribution is 0.309. The summed E-state index contributed by atoms with van der Waals surface area (Å²) in [5.41, 5.74) is 2.54. The summed E-state index contributed by atoms with van der Waals surface area (Å²) in [6, 6.07) is 10.7. The summed E-state index contributed by atoms with van der Waals surface area (Å²) in [4.78, 5) is 4.02. The van der Waals surface area contributed by atoms with Crippen molar-refractivity contribution in [1.29, 1.82) is 0 Å². The number of hydrogen-bond acceptors (Lipinski definition) is 3. The molecule has 1 heterocycles. The van der Waals surface area contributed by atoms with Gasteiger partial charge < -0.3 is 10.1 Å². The van der Waals surface area contributed by atoms with Crippen molar-refractivity contribution in [3.8, 4) is 5.75 Å². The quantitative estimate of drug-likeness (QED) is 0.763. The maximum absolute atomic E-state index is 5.84. The van der Waals surface area contributed by atoms with Crippen LogP contribution >= 0.6 is 15.9 Å². The number of nitrogens with one attached hydrogen (secondary N) is 1. The highest BCUT2D eigenvalue weighted by atomic mass is 79.9. The molecule has 0 fully saturated rings. The molecule has 0 aliphatic carbocycles. The van der Waals surface area contributed by atoms with Gasteiger partial charge in [0.1, 0.15) is 5.75 Å². The van der Waals surface area contributed by atoms with Crippen molar-refractivity contribution in [3.05, 3.63) is 58.3 Å². The van der Waals surface area contributed by atoms with E-state index < -0.39 is 0 Å². The number of pyridine rings is 1. The third-order valence-electron chi connectivity index (χ3n) is 3.51. The summed E-state index contributed by atoms with van der Waals surface area (Å²) in [6.07, 6.45) is 5.66. The first-order valence-corrected chi connectivity index (χ1v) is 7.98. The number of ether oxygens (including phenoxy) is 1. The van der Waals surface area contributed by atoms with Gasteiger partial charge in [-0.15, -0.1) is 0 Å². The molecule has 1 aromatic heterocycles. The highest BCUT2D eigenvalue weighted by Crippen LogP contribution is 2.28. The second-order valence-electron chi connectivity index (χ2n) is 5.01. The van der Waals surface area contributed by atoms with Crippen LogP contribution in [-0.4, -0.2) is 18.6 Å². The van der Waals surface area contributed by atoms with Crippen molar-refractivity contribution in [2.24, 2.45) is 0 Å². The van der Waals surface area contributed by atoms with Gasteiger partial charge >= 0.3 is 0 Å². The van der Waals surface area contributed by atoms with E-state index in [4.69, 9.17) is 4.74 Å². The second kappa shape index (κ2) is 8.15. The van der Waals surface area contributed by atoms with E-state index in [9.17, 15) is 0 Å². The number of aryl methyl sites for hydroxylation is 1. The average Bonchev–Trinajstić information content (AvgIpc) is 2.53. The Morgan fingerprint density at radius 2 is 2.00 bits per heavy atom. The zero-order valence-corrected chi connectivity index (χ0v) is 14.1. The fourth-order valence-electron chi connectivity index (χ4n) is 2.08. The topological polar surface area (TPSA) is 34.1 Å². The molecule has 4 heteroatoms. The normalized spacial score (nSPS) is 12.1. The van der Waals surface area contributed by atoms with Crippen LogP contribution in [0.5, 0.6) is 5.75 Å². The molecule has 0 amide bonds. The molecule has 2 rings (SSSR count). The van der Waals surface area contributed by atoms with Gasteiger partial charge in [0.05, 0.1) is 11.1 Å². The molecule has 0 bridgehead atoms. The molecular formula is C17H21BrN2O. The minimum Gasteiger partial charge on any atom is -0.492 e. The minimum absolute atomic E-state index is 0.335. The Kier molecular flexibility index (Phi) is 6.21. The van der Waals surface area contributed by atoms with Crippen LogP contribution in [0.2, 0.25) is 0 Å². The highest BCUT2D eigenvalue weighted by molar-refractivity contribution is 9.10. The fourth-order valence-corrected chi connectivity index (χ4v) is 2.59. The average molecular weight is 349 g/mol. The van der Waals surface area contributed by atoms with Gasteiger partial charge in [-0.25, -0.2) is 0 Å². The van der Waals surface area contributed by atoms with E-state index in [1.807, 2.05) is 37.6 Å². The van der Waals surface area contributed by atoms with Gasteiger partial charge in [0, 0.05) is 18.4 Å². The number of nitrogens with zero attached hydrogens (tertiary/aromatic N) is 1. The molecular weight excluding hydrogens is 328 g/mol. The summed E-state index contributed by atoms with van der Waals surface area (Å²) in [5, 5.41) is 3.23. The maximum Gasteiger partial charge on any atom is 0.133 e. The summed E-state index contributed by atoms with van der Waals surface area (Å²) >= 11 is 3.58. The van der Waals surface area contributed by atoms with Crippen LogP contribution in [-0.2, 0) is 6.42 Å². The lowest BCUT2D eigenvalue weighted by Crippen LogP contribution is -2.12. The molecule has 1 atom stereocenters. The van der Waals surface area contributed by atoms with Gasteiger partial charge in [-0.1, -0.05) is 6.07 Å². The van der Waals surface area contributed by atoms with Crippen molar-refractivity contribution in [2.45, 2.75) is 25.8 Å². The molecule has 0 saturated heterocycles. The summed E-state index contributed by atoms with van der Waals surface area (Å²) in [6.45, 7) is 2.85. The third-order valence-corrected chi connectivity index (χ3v) is 4.13. The van der Waals surface area contributed by atoms with E-state index in [0.29, 0.717) is 12.6 Å². The van der Waals surface area contributed by atoms with Gasteiger partial charge in [0.15, 0.2) is 0 Å². The maximum atomic E-state index is 5.84. The van der Waals surface area contributed by atoms with Gasteiger partial charge in [0.25, 0.3) is 0 Å². The van der Waals surface area contributed by atoms with E-state index >= 15 is 0 Å². The van der Waals surface area contributed by atoms with Crippen LogP contribution in [0.25, 0.3) is 0 Å². The Morgan fingerprint density at radius 1 is 1.24 bits per heavy atom. The molecule has 21 heavy (non-hydrogen) atoms. The Labute approximate surface area is 134 Å². The zero-order chi connectivity index (χ0) is 15.1. The molecule has 1 unspecified atom stereocenters. The minimum atomic E-state index is 0.335.